The number of carbonyl (C=O) groups is 5. The highest BCUT2D eigenvalue weighted by Crippen LogP contribution is 2.34. The van der Waals surface area contributed by atoms with E-state index in [1.807, 2.05) is 30.3 Å². The number of nitrogens with zero attached hydrogens (tertiary/aromatic N) is 4. The van der Waals surface area contributed by atoms with Gasteiger partial charge in [-0.1, -0.05) is 67.6 Å². The monoisotopic (exact) mass is 687 g/mol. The van der Waals surface area contributed by atoms with Crippen molar-refractivity contribution in [3.63, 3.8) is 0 Å². The van der Waals surface area contributed by atoms with E-state index in [4.69, 9.17) is 10.5 Å². The molecule has 5 N–H and O–H groups in total. The van der Waals surface area contributed by atoms with E-state index in [9.17, 15) is 29.1 Å². The Morgan fingerprint density at radius 3 is 2.50 bits per heavy atom. The summed E-state index contributed by atoms with van der Waals surface area (Å²) < 4.78 is 6.93. The number of Topliss-reactive ketones (excluding diaryl/α,β-unsaturated/α-hetero) is 1. The highest BCUT2D eigenvalue weighted by Gasteiger charge is 2.50. The number of ketones is 1. The molecule has 1 unspecified atom stereocenters. The summed E-state index contributed by atoms with van der Waals surface area (Å²) in [4.78, 5) is 69.1. The van der Waals surface area contributed by atoms with Crippen LogP contribution in [0, 0.1) is 5.92 Å². The molecule has 0 spiro atoms. The van der Waals surface area contributed by atoms with Gasteiger partial charge in [0, 0.05) is 31.6 Å². The Hall–Kier alpha value is -4.69. The molecule has 0 radical (unpaired) electrons. The van der Waals surface area contributed by atoms with Gasteiger partial charge >= 0.3 is 0 Å². The van der Waals surface area contributed by atoms with Crippen LogP contribution in [0.4, 0.5) is 0 Å². The number of carbonyl (C=O) groups excluding carboxylic acids is 5. The number of aromatic nitrogens is 3. The van der Waals surface area contributed by atoms with Crippen molar-refractivity contribution in [2.75, 3.05) is 19.8 Å². The second-order valence-corrected chi connectivity index (χ2v) is 14.4. The van der Waals surface area contributed by atoms with Gasteiger partial charge in [-0.3, -0.25) is 24.0 Å². The number of fused-ring (bicyclic) bond motifs is 1. The molecule has 2 saturated heterocycles. The van der Waals surface area contributed by atoms with Crippen LogP contribution in [0.5, 0.6) is 0 Å². The molecule has 4 atom stereocenters. The van der Waals surface area contributed by atoms with E-state index in [2.05, 4.69) is 20.9 Å². The number of nitrogens with one attached hydrogen (secondary N) is 2. The molecule has 50 heavy (non-hydrogen) atoms. The first-order valence-corrected chi connectivity index (χ1v) is 17.3. The topological polar surface area (TPSA) is 199 Å². The average molecular weight is 688 g/mol. The normalized spacial score (nSPS) is 23.5. The first-order valence-electron chi connectivity index (χ1n) is 17.3. The lowest BCUT2D eigenvalue weighted by molar-refractivity contribution is -0.144. The van der Waals surface area contributed by atoms with Crippen LogP contribution in [0.1, 0.15) is 87.3 Å². The maximum absolute atomic E-state index is 14.7. The van der Waals surface area contributed by atoms with E-state index >= 15 is 0 Å². The summed E-state index contributed by atoms with van der Waals surface area (Å²) in [5, 5.41) is 26.7. The molecular formula is C36H45N7O7. The summed E-state index contributed by atoms with van der Waals surface area (Å²) in [6, 6.07) is 10.4. The molecule has 1 aromatic heterocycles. The molecule has 4 amide bonds. The zero-order valence-corrected chi connectivity index (χ0v) is 28.5. The Kier molecular flexibility index (Phi) is 10.0. The highest BCUT2D eigenvalue weighted by molar-refractivity contribution is 6.39. The van der Waals surface area contributed by atoms with Crippen LogP contribution < -0.4 is 16.4 Å². The molecule has 266 valence electrons. The van der Waals surface area contributed by atoms with Gasteiger partial charge in [0.1, 0.15) is 23.2 Å². The van der Waals surface area contributed by atoms with E-state index in [-0.39, 0.29) is 38.5 Å². The predicted molar refractivity (Wildman–Crippen MR) is 181 cm³/mol. The molecule has 6 rings (SSSR count). The Balaban J connectivity index is 1.33. The number of primary amides is 1. The Morgan fingerprint density at radius 1 is 1.08 bits per heavy atom. The van der Waals surface area contributed by atoms with E-state index in [0.717, 1.165) is 42.9 Å². The molecule has 2 aromatic carbocycles. The quantitative estimate of drug-likeness (QED) is 0.218. The van der Waals surface area contributed by atoms with Gasteiger partial charge in [0.05, 0.1) is 24.5 Å². The largest absolute Gasteiger partial charge is 0.384 e. The zero-order valence-electron chi connectivity index (χ0n) is 28.5. The molecule has 0 bridgehead atoms. The number of hydrogen-bond acceptors (Lipinski definition) is 9. The van der Waals surface area contributed by atoms with Crippen molar-refractivity contribution in [2.45, 2.75) is 94.5 Å². The third-order valence-corrected chi connectivity index (χ3v) is 10.4. The summed E-state index contributed by atoms with van der Waals surface area (Å²) in [6.45, 7) is 3.10. The molecule has 3 fully saturated rings. The van der Waals surface area contributed by atoms with Gasteiger partial charge < -0.3 is 31.1 Å². The minimum Gasteiger partial charge on any atom is -0.384 e. The lowest BCUT2D eigenvalue weighted by atomic mass is 9.84. The second kappa shape index (κ2) is 14.3. The second-order valence-electron chi connectivity index (χ2n) is 14.4. The number of aliphatic hydroxyl groups is 1. The lowest BCUT2D eigenvalue weighted by Crippen LogP contribution is -2.62. The van der Waals surface area contributed by atoms with Gasteiger partial charge in [-0.05, 0) is 49.1 Å². The van der Waals surface area contributed by atoms with Crippen molar-refractivity contribution in [1.82, 2.24) is 30.5 Å². The van der Waals surface area contributed by atoms with Gasteiger partial charge in [-0.15, -0.1) is 5.10 Å². The Bertz CT molecular complexity index is 1770. The average Bonchev–Trinajstić information content (AvgIpc) is 3.88. The van der Waals surface area contributed by atoms with E-state index in [1.165, 1.54) is 15.8 Å². The number of amides is 4. The number of benzene rings is 2. The lowest BCUT2D eigenvalue weighted by Gasteiger charge is -2.33. The van der Waals surface area contributed by atoms with E-state index in [1.54, 1.807) is 26.0 Å². The van der Waals surface area contributed by atoms with Gasteiger partial charge in [0.2, 0.25) is 17.6 Å². The standard InChI is InChI=1S/C36H45N7O7/c1-35(2,49)29-19-38-41-43(29)26-18-28(33(47)40-36(14-15-50-21-36)30(44)31(37)45)42(20-26)34(48)27(16-22-8-4-3-5-9-22)39-32(46)25-13-12-23-10-6-7-11-24(23)17-25/h6-7,10-13,17,19,22,26-28,49H,3-5,8-9,14-16,18,20-21H2,1-2H3,(H2,37,45)(H,39,46)(H,40,47)/t26-,27+,28-,36?/m0/s1. The van der Waals surface area contributed by atoms with Crippen molar-refractivity contribution < 1.29 is 33.8 Å². The number of likely N-dealkylation sites (tertiary alicyclic amines) is 1. The molecule has 3 heterocycles. The molecule has 2 aliphatic heterocycles. The number of nitrogens with two attached hydrogens (primary N) is 1. The molecule has 14 nitrogen and oxygen atoms in total. The van der Waals surface area contributed by atoms with Crippen LogP contribution in [-0.2, 0) is 29.5 Å². The zero-order chi connectivity index (χ0) is 35.6. The Labute approximate surface area is 290 Å². The fraction of sp³-hybridized carbons (Fsp3) is 0.528. The van der Waals surface area contributed by atoms with Crippen LogP contribution >= 0.6 is 0 Å². The fourth-order valence-electron chi connectivity index (χ4n) is 7.64. The molecule has 3 aliphatic rings. The summed E-state index contributed by atoms with van der Waals surface area (Å²) in [6.07, 6.45) is 6.97. The van der Waals surface area contributed by atoms with Gasteiger partial charge in [-0.2, -0.15) is 0 Å². The molecule has 14 heteroatoms. The number of hydrogen-bond donors (Lipinski definition) is 4. The smallest absolute Gasteiger partial charge is 0.287 e. The summed E-state index contributed by atoms with van der Waals surface area (Å²) >= 11 is 0. The SMILES string of the molecule is CC(C)(O)c1cnnn1[C@H]1C[C@@H](C(=O)NC2(C(=O)C(N)=O)CCOC2)N(C(=O)[C@@H](CC2CCCCC2)NC(=O)c2ccc3ccccc3c2)C1. The van der Waals surface area contributed by atoms with Crippen molar-refractivity contribution in [2.24, 2.45) is 11.7 Å². The van der Waals surface area contributed by atoms with Crippen LogP contribution in [0.2, 0.25) is 0 Å². The van der Waals surface area contributed by atoms with E-state index in [0.29, 0.717) is 17.7 Å². The van der Waals surface area contributed by atoms with Crippen molar-refractivity contribution in [1.29, 1.82) is 0 Å². The van der Waals surface area contributed by atoms with Gasteiger partial charge in [-0.25, -0.2) is 4.68 Å². The summed E-state index contributed by atoms with van der Waals surface area (Å²) in [5.41, 5.74) is 3.18. The first kappa shape index (κ1) is 35.1. The highest BCUT2D eigenvalue weighted by atomic mass is 16.5. The van der Waals surface area contributed by atoms with Crippen LogP contribution in [0.3, 0.4) is 0 Å². The number of ether oxygens (including phenoxy) is 1. The summed E-state index contributed by atoms with van der Waals surface area (Å²) in [7, 11) is 0. The van der Waals surface area contributed by atoms with Crippen LogP contribution in [0.15, 0.2) is 48.7 Å². The van der Waals surface area contributed by atoms with Crippen LogP contribution in [-0.4, -0.2) is 91.8 Å². The Morgan fingerprint density at radius 2 is 1.82 bits per heavy atom. The third kappa shape index (κ3) is 7.26. The predicted octanol–water partition coefficient (Wildman–Crippen LogP) is 1.90. The third-order valence-electron chi connectivity index (χ3n) is 10.4. The molecule has 1 saturated carbocycles. The minimum atomic E-state index is -1.66. The van der Waals surface area contributed by atoms with Crippen molar-refractivity contribution in [3.8, 4) is 0 Å². The molecule has 1 aliphatic carbocycles. The maximum Gasteiger partial charge on any atom is 0.287 e. The molecule has 3 aromatic rings. The van der Waals surface area contributed by atoms with Crippen LogP contribution in [0.25, 0.3) is 10.8 Å². The van der Waals surface area contributed by atoms with Crippen molar-refractivity contribution in [3.05, 3.63) is 59.9 Å². The van der Waals surface area contributed by atoms with Gasteiger partial charge in [0.15, 0.2) is 0 Å². The molecular weight excluding hydrogens is 642 g/mol. The summed E-state index contributed by atoms with van der Waals surface area (Å²) in [5.74, 6) is -3.50. The van der Waals surface area contributed by atoms with E-state index < -0.39 is 58.7 Å². The maximum atomic E-state index is 14.7. The minimum absolute atomic E-state index is 0.0175. The van der Waals surface area contributed by atoms with Crippen molar-refractivity contribution >= 4 is 40.2 Å². The van der Waals surface area contributed by atoms with Gasteiger partial charge in [0.25, 0.3) is 11.8 Å². The fourth-order valence-corrected chi connectivity index (χ4v) is 7.64. The first-order chi connectivity index (χ1) is 23.9. The number of rotatable bonds is 11.